The molecule has 1 aliphatic heterocycles. The Bertz CT molecular complexity index is 250. The Balaban J connectivity index is 2.65. The Morgan fingerprint density at radius 2 is 2.58 bits per heavy atom. The fourth-order valence-electron chi connectivity index (χ4n) is 0.817. The number of rotatable bonds is 3. The van der Waals surface area contributed by atoms with E-state index in [1.165, 1.54) is 11.8 Å². The molecule has 0 aromatic rings. The first kappa shape index (κ1) is 9.25. The highest BCUT2D eigenvalue weighted by Gasteiger charge is 2.25. The largest absolute Gasteiger partial charge is 0.480 e. The molecule has 0 aromatic carbocycles. The van der Waals surface area contributed by atoms with E-state index in [1.54, 1.807) is 0 Å². The van der Waals surface area contributed by atoms with Crippen LogP contribution in [0.25, 0.3) is 0 Å². The third-order valence-electron chi connectivity index (χ3n) is 1.55. The molecule has 0 bridgehead atoms. The lowest BCUT2D eigenvalue weighted by molar-refractivity contribution is -0.137. The second kappa shape index (κ2) is 3.71. The third kappa shape index (κ3) is 1.85. The Kier molecular flexibility index (Phi) is 2.86. The monoisotopic (exact) mass is 186 g/mol. The van der Waals surface area contributed by atoms with Crippen LogP contribution in [0.15, 0.2) is 4.99 Å². The van der Waals surface area contributed by atoms with Gasteiger partial charge in [-0.1, -0.05) is 6.92 Å². The molecule has 1 rings (SSSR count). The average molecular weight is 186 g/mol. The van der Waals surface area contributed by atoms with E-state index in [1.807, 2.05) is 6.92 Å². The maximum Gasteiger partial charge on any atom is 0.329 e. The van der Waals surface area contributed by atoms with E-state index in [0.29, 0.717) is 22.9 Å². The molecule has 5 heteroatoms. The normalized spacial score (nSPS) is 22.1. The minimum absolute atomic E-state index is 0.434. The van der Waals surface area contributed by atoms with Crippen molar-refractivity contribution >= 4 is 28.5 Å². The fraction of sp³-hybridized carbons (Fsp3) is 0.571. The van der Waals surface area contributed by atoms with Crippen LogP contribution in [-0.4, -0.2) is 33.6 Å². The van der Waals surface area contributed by atoms with Gasteiger partial charge in [0.15, 0.2) is 6.04 Å². The molecule has 4 nitrogen and oxygen atoms in total. The zero-order valence-electron chi connectivity index (χ0n) is 6.70. The first-order valence-electron chi connectivity index (χ1n) is 3.66. The van der Waals surface area contributed by atoms with Crippen molar-refractivity contribution in [3.63, 3.8) is 0 Å². The molecule has 0 saturated heterocycles. The summed E-state index contributed by atoms with van der Waals surface area (Å²) in [6, 6.07) is -0.642. The second-order valence-electron chi connectivity index (χ2n) is 2.43. The SMILES string of the molecule is CCC(=N)C1=N[C@@H](C(=O)O)CS1. The molecular formula is C7H10N2O2S. The van der Waals surface area contributed by atoms with Gasteiger partial charge in [-0.25, -0.2) is 4.79 Å². The van der Waals surface area contributed by atoms with E-state index in [0.717, 1.165) is 0 Å². The van der Waals surface area contributed by atoms with Gasteiger partial charge in [0.1, 0.15) is 5.04 Å². The molecule has 2 N–H and O–H groups in total. The lowest BCUT2D eigenvalue weighted by atomic mass is 10.3. The molecule has 0 aliphatic carbocycles. The van der Waals surface area contributed by atoms with Crippen molar-refractivity contribution in [3.8, 4) is 0 Å². The van der Waals surface area contributed by atoms with Crippen LogP contribution in [-0.2, 0) is 4.79 Å². The van der Waals surface area contributed by atoms with Gasteiger partial charge in [-0.2, -0.15) is 0 Å². The molecule has 1 aliphatic rings. The first-order chi connectivity index (χ1) is 5.65. The van der Waals surface area contributed by atoms with Gasteiger partial charge in [-0.05, 0) is 6.42 Å². The highest BCUT2D eigenvalue weighted by Crippen LogP contribution is 2.19. The number of aliphatic imine (C=N–C) groups is 1. The minimum Gasteiger partial charge on any atom is -0.480 e. The van der Waals surface area contributed by atoms with Crippen LogP contribution in [0.3, 0.4) is 0 Å². The van der Waals surface area contributed by atoms with Crippen LogP contribution in [0.4, 0.5) is 0 Å². The number of thioether (sulfide) groups is 1. The smallest absolute Gasteiger partial charge is 0.329 e. The number of aliphatic carboxylic acids is 1. The predicted molar refractivity (Wildman–Crippen MR) is 49.3 cm³/mol. The lowest BCUT2D eigenvalue weighted by Crippen LogP contribution is -2.17. The molecule has 0 amide bonds. The predicted octanol–water partition coefficient (Wildman–Crippen LogP) is 1.01. The van der Waals surface area contributed by atoms with Gasteiger partial charge in [-0.15, -0.1) is 11.8 Å². The summed E-state index contributed by atoms with van der Waals surface area (Å²) >= 11 is 1.36. The van der Waals surface area contributed by atoms with E-state index in [4.69, 9.17) is 10.5 Å². The van der Waals surface area contributed by atoms with Crippen LogP contribution in [0.1, 0.15) is 13.3 Å². The van der Waals surface area contributed by atoms with Gasteiger partial charge in [0.25, 0.3) is 0 Å². The Morgan fingerprint density at radius 3 is 3.00 bits per heavy atom. The van der Waals surface area contributed by atoms with E-state index in [2.05, 4.69) is 4.99 Å². The van der Waals surface area contributed by atoms with Crippen molar-refractivity contribution in [2.45, 2.75) is 19.4 Å². The van der Waals surface area contributed by atoms with Crippen molar-refractivity contribution in [2.24, 2.45) is 4.99 Å². The van der Waals surface area contributed by atoms with E-state index in [-0.39, 0.29) is 0 Å². The quantitative estimate of drug-likeness (QED) is 0.646. The fourth-order valence-corrected chi connectivity index (χ4v) is 1.87. The molecule has 0 fully saturated rings. The third-order valence-corrected chi connectivity index (χ3v) is 2.66. The summed E-state index contributed by atoms with van der Waals surface area (Å²) < 4.78 is 0. The maximum absolute atomic E-state index is 10.5. The lowest BCUT2D eigenvalue weighted by Gasteiger charge is -1.95. The second-order valence-corrected chi connectivity index (χ2v) is 3.44. The molecule has 0 saturated carbocycles. The summed E-state index contributed by atoms with van der Waals surface area (Å²) in [5.41, 5.74) is 0.434. The van der Waals surface area contributed by atoms with E-state index < -0.39 is 12.0 Å². The Morgan fingerprint density at radius 1 is 1.92 bits per heavy atom. The van der Waals surface area contributed by atoms with Gasteiger partial charge < -0.3 is 10.5 Å². The van der Waals surface area contributed by atoms with Crippen molar-refractivity contribution in [1.29, 1.82) is 5.41 Å². The molecule has 0 spiro atoms. The summed E-state index contributed by atoms with van der Waals surface area (Å²) in [4.78, 5) is 14.4. The minimum atomic E-state index is -0.901. The highest BCUT2D eigenvalue weighted by molar-refractivity contribution is 8.16. The molecular weight excluding hydrogens is 176 g/mol. The van der Waals surface area contributed by atoms with Crippen molar-refractivity contribution in [3.05, 3.63) is 0 Å². The summed E-state index contributed by atoms with van der Waals surface area (Å²) in [5, 5.41) is 16.6. The number of carbonyl (C=O) groups is 1. The molecule has 12 heavy (non-hydrogen) atoms. The number of nitrogens with zero attached hydrogens (tertiary/aromatic N) is 1. The van der Waals surface area contributed by atoms with E-state index in [9.17, 15) is 4.79 Å². The molecule has 1 atom stereocenters. The summed E-state index contributed by atoms with van der Waals surface area (Å²) in [6.07, 6.45) is 0.609. The number of carboxylic acid groups (broad SMARTS) is 1. The van der Waals surface area contributed by atoms with Crippen LogP contribution in [0.5, 0.6) is 0 Å². The van der Waals surface area contributed by atoms with Crippen LogP contribution in [0, 0.1) is 5.41 Å². The molecule has 0 unspecified atom stereocenters. The van der Waals surface area contributed by atoms with E-state index >= 15 is 0 Å². The summed E-state index contributed by atoms with van der Waals surface area (Å²) in [7, 11) is 0. The zero-order chi connectivity index (χ0) is 9.14. The maximum atomic E-state index is 10.5. The summed E-state index contributed by atoms with van der Waals surface area (Å²) in [5.74, 6) is -0.436. The van der Waals surface area contributed by atoms with Crippen LogP contribution < -0.4 is 0 Å². The van der Waals surface area contributed by atoms with Crippen molar-refractivity contribution in [2.75, 3.05) is 5.75 Å². The van der Waals surface area contributed by atoms with Crippen LogP contribution >= 0.6 is 11.8 Å². The highest BCUT2D eigenvalue weighted by atomic mass is 32.2. The van der Waals surface area contributed by atoms with Gasteiger partial charge in [0, 0.05) is 5.75 Å². The topological polar surface area (TPSA) is 73.5 Å². The number of carboxylic acids is 1. The van der Waals surface area contributed by atoms with Crippen molar-refractivity contribution in [1.82, 2.24) is 0 Å². The average Bonchev–Trinajstić information content (AvgIpc) is 2.51. The standard InChI is InChI=1S/C7H10N2O2S/c1-2-4(8)6-9-5(3-12-6)7(10)11/h5,8H,2-3H2,1H3,(H,10,11)/t5-/m1/s1. The summed E-state index contributed by atoms with van der Waals surface area (Å²) in [6.45, 7) is 1.86. The first-order valence-corrected chi connectivity index (χ1v) is 4.65. The molecule has 0 radical (unpaired) electrons. The van der Waals surface area contributed by atoms with Crippen LogP contribution in [0.2, 0.25) is 0 Å². The van der Waals surface area contributed by atoms with Crippen molar-refractivity contribution < 1.29 is 9.90 Å². The molecule has 66 valence electrons. The molecule has 1 heterocycles. The number of nitrogens with one attached hydrogen (secondary N) is 1. The Labute approximate surface area is 74.6 Å². The van der Waals surface area contributed by atoms with Gasteiger partial charge in [-0.3, -0.25) is 4.99 Å². The van der Waals surface area contributed by atoms with Gasteiger partial charge >= 0.3 is 5.97 Å². The van der Waals surface area contributed by atoms with Gasteiger partial charge in [0.05, 0.1) is 5.71 Å². The van der Waals surface area contributed by atoms with Gasteiger partial charge in [0.2, 0.25) is 0 Å². The zero-order valence-corrected chi connectivity index (χ0v) is 7.52. The number of hydrogen-bond donors (Lipinski definition) is 2. The number of hydrogen-bond acceptors (Lipinski definition) is 4. The Hall–Kier alpha value is -0.840. The molecule has 0 aromatic heterocycles.